The van der Waals surface area contributed by atoms with Crippen molar-refractivity contribution in [3.8, 4) is 0 Å². The Labute approximate surface area is 100 Å². The molecular weight excluding hydrogens is 233 g/mol. The molecule has 5 heteroatoms. The van der Waals surface area contributed by atoms with E-state index < -0.39 is 0 Å². The second-order valence-electron chi connectivity index (χ2n) is 3.70. The molecule has 0 saturated carbocycles. The summed E-state index contributed by atoms with van der Waals surface area (Å²) in [7, 11) is 0. The van der Waals surface area contributed by atoms with E-state index in [-0.39, 0.29) is 0 Å². The second kappa shape index (κ2) is 6.13. The van der Waals surface area contributed by atoms with Crippen LogP contribution in [0.4, 0.5) is 5.82 Å². The maximum absolute atomic E-state index is 5.79. The number of alkyl halides is 2. The summed E-state index contributed by atoms with van der Waals surface area (Å²) >= 11 is 11.5. The Kier molecular flexibility index (Phi) is 5.12. The van der Waals surface area contributed by atoms with Gasteiger partial charge in [0.05, 0.1) is 11.8 Å². The summed E-state index contributed by atoms with van der Waals surface area (Å²) in [6.07, 6.45) is 1.72. The summed E-state index contributed by atoms with van der Waals surface area (Å²) in [5.41, 5.74) is 0.909. The monoisotopic (exact) mass is 247 g/mol. The van der Waals surface area contributed by atoms with Crippen LogP contribution < -0.4 is 5.32 Å². The lowest BCUT2D eigenvalue weighted by atomic mass is 10.2. The minimum Gasteiger partial charge on any atom is -0.369 e. The Morgan fingerprint density at radius 3 is 2.60 bits per heavy atom. The van der Waals surface area contributed by atoms with E-state index in [9.17, 15) is 0 Å². The number of anilines is 1. The fraction of sp³-hybridized carbons (Fsp3) is 0.600. The largest absolute Gasteiger partial charge is 0.369 e. The first-order valence-corrected chi connectivity index (χ1v) is 5.94. The lowest BCUT2D eigenvalue weighted by molar-refractivity contribution is 0.685. The molecule has 1 aromatic rings. The van der Waals surface area contributed by atoms with Crippen LogP contribution in [0, 0.1) is 5.92 Å². The number of aromatic nitrogens is 2. The van der Waals surface area contributed by atoms with Gasteiger partial charge in [0.15, 0.2) is 0 Å². The van der Waals surface area contributed by atoms with Gasteiger partial charge >= 0.3 is 0 Å². The predicted molar refractivity (Wildman–Crippen MR) is 64.5 cm³/mol. The van der Waals surface area contributed by atoms with E-state index in [4.69, 9.17) is 23.2 Å². The summed E-state index contributed by atoms with van der Waals surface area (Å²) in [6.45, 7) is 5.14. The van der Waals surface area contributed by atoms with Crippen molar-refractivity contribution >= 4 is 29.0 Å². The predicted octanol–water partition coefficient (Wildman–Crippen LogP) is 3.02. The molecule has 0 radical (unpaired) electrons. The highest BCUT2D eigenvalue weighted by Crippen LogP contribution is 2.15. The normalized spacial score (nSPS) is 10.7. The third kappa shape index (κ3) is 3.84. The Balaban J connectivity index is 2.81. The van der Waals surface area contributed by atoms with Crippen LogP contribution in [0.25, 0.3) is 0 Å². The minimum atomic E-state index is 0.318. The Hall–Kier alpha value is -0.540. The average molecular weight is 248 g/mol. The number of nitrogens with zero attached hydrogens (tertiary/aromatic N) is 2. The number of rotatable bonds is 5. The molecule has 3 nitrogen and oxygen atoms in total. The van der Waals surface area contributed by atoms with Crippen molar-refractivity contribution in [2.75, 3.05) is 11.9 Å². The molecule has 15 heavy (non-hydrogen) atoms. The van der Waals surface area contributed by atoms with Gasteiger partial charge in [-0.3, -0.25) is 0 Å². The summed E-state index contributed by atoms with van der Waals surface area (Å²) in [4.78, 5) is 8.38. The van der Waals surface area contributed by atoms with Crippen LogP contribution in [0.1, 0.15) is 25.2 Å². The zero-order chi connectivity index (χ0) is 11.3. The van der Waals surface area contributed by atoms with E-state index in [0.29, 0.717) is 23.5 Å². The first-order chi connectivity index (χ1) is 7.17. The number of hydrogen-bond donors (Lipinski definition) is 1. The average Bonchev–Trinajstić information content (AvgIpc) is 2.25. The fourth-order valence-electron chi connectivity index (χ4n) is 1.06. The highest BCUT2D eigenvalue weighted by atomic mass is 35.5. The van der Waals surface area contributed by atoms with Crippen molar-refractivity contribution < 1.29 is 0 Å². The number of nitrogens with one attached hydrogen (secondary N) is 1. The van der Waals surface area contributed by atoms with E-state index in [0.717, 1.165) is 17.9 Å². The second-order valence-corrected chi connectivity index (χ2v) is 4.24. The van der Waals surface area contributed by atoms with Crippen LogP contribution in [-0.2, 0) is 11.8 Å². The zero-order valence-corrected chi connectivity index (χ0v) is 10.4. The van der Waals surface area contributed by atoms with Crippen LogP contribution in [0.15, 0.2) is 6.20 Å². The van der Waals surface area contributed by atoms with Gasteiger partial charge in [-0.15, -0.1) is 23.2 Å². The molecule has 0 fully saturated rings. The molecule has 0 aliphatic rings. The van der Waals surface area contributed by atoms with Crippen LogP contribution in [0.5, 0.6) is 0 Å². The quantitative estimate of drug-likeness (QED) is 0.814. The van der Waals surface area contributed by atoms with E-state index in [1.54, 1.807) is 6.20 Å². The van der Waals surface area contributed by atoms with Gasteiger partial charge in [0, 0.05) is 18.3 Å². The third-order valence-corrected chi connectivity index (χ3v) is 2.38. The SMILES string of the molecule is CC(C)CNc1nc(CCl)ncc1CCl. The molecule has 0 saturated heterocycles. The van der Waals surface area contributed by atoms with Crippen LogP contribution in [0.3, 0.4) is 0 Å². The molecule has 0 spiro atoms. The Morgan fingerprint density at radius 2 is 2.07 bits per heavy atom. The molecule has 0 atom stereocenters. The molecule has 84 valence electrons. The molecule has 1 heterocycles. The van der Waals surface area contributed by atoms with Gasteiger partial charge in [0.1, 0.15) is 11.6 Å². The summed E-state index contributed by atoms with van der Waals surface area (Å²) in [5.74, 6) is 2.70. The van der Waals surface area contributed by atoms with Crippen molar-refractivity contribution in [1.82, 2.24) is 9.97 Å². The van der Waals surface area contributed by atoms with Crippen molar-refractivity contribution in [3.05, 3.63) is 17.6 Å². The molecule has 0 unspecified atom stereocenters. The molecular formula is C10H15Cl2N3. The van der Waals surface area contributed by atoms with E-state index in [1.807, 2.05) is 0 Å². The third-order valence-electron chi connectivity index (χ3n) is 1.86. The Morgan fingerprint density at radius 1 is 1.33 bits per heavy atom. The van der Waals surface area contributed by atoms with Gasteiger partial charge in [0.25, 0.3) is 0 Å². The zero-order valence-electron chi connectivity index (χ0n) is 8.93. The summed E-state index contributed by atoms with van der Waals surface area (Å²) < 4.78 is 0. The first kappa shape index (κ1) is 12.5. The lowest BCUT2D eigenvalue weighted by Gasteiger charge is -2.11. The van der Waals surface area contributed by atoms with E-state index >= 15 is 0 Å². The molecule has 0 aromatic carbocycles. The smallest absolute Gasteiger partial charge is 0.145 e. The lowest BCUT2D eigenvalue weighted by Crippen LogP contribution is -2.12. The topological polar surface area (TPSA) is 37.8 Å². The number of halogens is 2. The summed E-state index contributed by atoms with van der Waals surface area (Å²) in [6, 6.07) is 0. The molecule has 0 amide bonds. The minimum absolute atomic E-state index is 0.318. The fourth-order valence-corrected chi connectivity index (χ4v) is 1.38. The van der Waals surface area contributed by atoms with Gasteiger partial charge < -0.3 is 5.32 Å². The van der Waals surface area contributed by atoms with Crippen molar-refractivity contribution in [2.24, 2.45) is 5.92 Å². The highest BCUT2D eigenvalue weighted by molar-refractivity contribution is 6.17. The van der Waals surface area contributed by atoms with Crippen LogP contribution >= 0.6 is 23.2 Å². The Bertz CT molecular complexity index is 316. The van der Waals surface area contributed by atoms with Gasteiger partial charge in [-0.05, 0) is 5.92 Å². The maximum Gasteiger partial charge on any atom is 0.145 e. The van der Waals surface area contributed by atoms with E-state index in [1.165, 1.54) is 0 Å². The van der Waals surface area contributed by atoms with E-state index in [2.05, 4.69) is 29.1 Å². The van der Waals surface area contributed by atoms with Crippen molar-refractivity contribution in [2.45, 2.75) is 25.6 Å². The van der Waals surface area contributed by atoms with Gasteiger partial charge in [-0.1, -0.05) is 13.8 Å². The van der Waals surface area contributed by atoms with Gasteiger partial charge in [0.2, 0.25) is 0 Å². The maximum atomic E-state index is 5.79. The molecule has 1 rings (SSSR count). The molecule has 1 aromatic heterocycles. The standard InChI is InChI=1S/C10H15Cl2N3/c1-7(2)5-14-10-8(3-11)6-13-9(4-12)15-10/h6-7H,3-5H2,1-2H3,(H,13,14,15). The van der Waals surface area contributed by atoms with Gasteiger partial charge in [-0.2, -0.15) is 0 Å². The molecule has 0 bridgehead atoms. The molecule has 1 N–H and O–H groups in total. The van der Waals surface area contributed by atoms with Crippen LogP contribution in [-0.4, -0.2) is 16.5 Å². The van der Waals surface area contributed by atoms with Gasteiger partial charge in [-0.25, -0.2) is 9.97 Å². The number of hydrogen-bond acceptors (Lipinski definition) is 3. The summed E-state index contributed by atoms with van der Waals surface area (Å²) in [5, 5.41) is 3.24. The first-order valence-electron chi connectivity index (χ1n) is 4.88. The molecule has 0 aliphatic carbocycles. The highest BCUT2D eigenvalue weighted by Gasteiger charge is 2.06. The van der Waals surface area contributed by atoms with Crippen LogP contribution in [0.2, 0.25) is 0 Å². The molecule has 0 aliphatic heterocycles. The van der Waals surface area contributed by atoms with Crippen molar-refractivity contribution in [1.29, 1.82) is 0 Å². The van der Waals surface area contributed by atoms with Crippen molar-refractivity contribution in [3.63, 3.8) is 0 Å².